The fourth-order valence-electron chi connectivity index (χ4n) is 1.72. The summed E-state index contributed by atoms with van der Waals surface area (Å²) in [5.74, 6) is 0. The highest BCUT2D eigenvalue weighted by atomic mass is 16.2. The summed E-state index contributed by atoms with van der Waals surface area (Å²) >= 11 is 0. The third-order valence-corrected chi connectivity index (χ3v) is 2.60. The molecule has 0 aliphatic carbocycles. The lowest BCUT2D eigenvalue weighted by Gasteiger charge is -2.26. The molecule has 1 rings (SSSR count). The normalized spacial score (nSPS) is 19.8. The Balaban J connectivity index is 0.00000169. The highest BCUT2D eigenvalue weighted by molar-refractivity contribution is 5.76. The van der Waals surface area contributed by atoms with E-state index in [1.807, 2.05) is 19.0 Å². The zero-order chi connectivity index (χ0) is 9.84. The summed E-state index contributed by atoms with van der Waals surface area (Å²) in [7, 11) is 3.78. The number of nitrogens with one attached hydrogen (secondary N) is 1. The predicted molar refractivity (Wildman–Crippen MR) is 54.9 cm³/mol. The number of carbonyl (C=O) groups excluding carboxylic acids is 1. The van der Waals surface area contributed by atoms with Crippen LogP contribution in [-0.4, -0.2) is 55.6 Å². The second-order valence-electron chi connectivity index (χ2n) is 3.52. The maximum atomic E-state index is 11.6. The zero-order valence-electron chi connectivity index (χ0n) is 8.71. The van der Waals surface area contributed by atoms with Gasteiger partial charge in [-0.15, -0.1) is 0 Å². The van der Waals surface area contributed by atoms with Gasteiger partial charge in [0.1, 0.15) is 0 Å². The lowest BCUT2D eigenvalue weighted by molar-refractivity contribution is 0.180. The van der Waals surface area contributed by atoms with E-state index in [0.29, 0.717) is 6.04 Å². The van der Waals surface area contributed by atoms with Gasteiger partial charge in [0, 0.05) is 34.2 Å². The van der Waals surface area contributed by atoms with Crippen LogP contribution in [0.3, 0.4) is 0 Å². The number of rotatable bonds is 4. The fourth-order valence-corrected chi connectivity index (χ4v) is 1.72. The number of amides is 2. The van der Waals surface area contributed by atoms with E-state index in [9.17, 15) is 4.79 Å². The Morgan fingerprint density at radius 1 is 1.62 bits per heavy atom. The van der Waals surface area contributed by atoms with Crippen LogP contribution in [0.5, 0.6) is 0 Å². The van der Waals surface area contributed by atoms with Crippen LogP contribution in [0.25, 0.3) is 0 Å². The molecule has 78 valence electrons. The smallest absolute Gasteiger partial charge is 0.320 e. The van der Waals surface area contributed by atoms with Gasteiger partial charge in [0.15, 0.2) is 0 Å². The van der Waals surface area contributed by atoms with Gasteiger partial charge < -0.3 is 15.1 Å². The van der Waals surface area contributed by atoms with E-state index in [0.717, 1.165) is 26.1 Å². The monoisotopic (exact) mass is 187 g/mol. The summed E-state index contributed by atoms with van der Waals surface area (Å²) < 4.78 is 0. The van der Waals surface area contributed by atoms with Crippen molar-refractivity contribution in [3.05, 3.63) is 0 Å². The number of urea groups is 1. The second-order valence-corrected chi connectivity index (χ2v) is 3.52. The number of hydrogen-bond acceptors (Lipinski definition) is 2. The highest BCUT2D eigenvalue weighted by Crippen LogP contribution is 2.12. The van der Waals surface area contributed by atoms with Crippen molar-refractivity contribution in [2.75, 3.05) is 33.7 Å². The van der Waals surface area contributed by atoms with E-state index in [2.05, 4.69) is 12.2 Å². The first-order chi connectivity index (χ1) is 6.20. The minimum atomic E-state index is 0. The molecule has 4 heteroatoms. The molecule has 0 bridgehead atoms. The molecule has 1 saturated heterocycles. The van der Waals surface area contributed by atoms with E-state index < -0.39 is 0 Å². The standard InChI is InChI=1S/C9H19N3O.H2/c1-4-8(7-10-2)12-6-5-11(3)9(12)13;/h8,10H,4-7H2,1-3H3;1H/t8-;/m1./s1. The van der Waals surface area contributed by atoms with Crippen molar-refractivity contribution in [3.8, 4) is 0 Å². The van der Waals surface area contributed by atoms with Crippen molar-refractivity contribution in [1.82, 2.24) is 15.1 Å². The van der Waals surface area contributed by atoms with Crippen LogP contribution >= 0.6 is 0 Å². The van der Waals surface area contributed by atoms with Crippen LogP contribution in [0.2, 0.25) is 0 Å². The Hall–Kier alpha value is -0.770. The largest absolute Gasteiger partial charge is 0.326 e. The third-order valence-electron chi connectivity index (χ3n) is 2.60. The zero-order valence-corrected chi connectivity index (χ0v) is 8.71. The van der Waals surface area contributed by atoms with Crippen LogP contribution in [0.4, 0.5) is 4.79 Å². The molecule has 0 radical (unpaired) electrons. The van der Waals surface area contributed by atoms with E-state index in [-0.39, 0.29) is 7.46 Å². The van der Waals surface area contributed by atoms with Crippen molar-refractivity contribution in [2.24, 2.45) is 0 Å². The quantitative estimate of drug-likeness (QED) is 0.699. The van der Waals surface area contributed by atoms with E-state index >= 15 is 0 Å². The molecule has 1 heterocycles. The molecule has 1 atom stereocenters. The Morgan fingerprint density at radius 3 is 2.69 bits per heavy atom. The van der Waals surface area contributed by atoms with Gasteiger partial charge in [-0.25, -0.2) is 4.79 Å². The number of nitrogens with zero attached hydrogens (tertiary/aromatic N) is 2. The van der Waals surface area contributed by atoms with Gasteiger partial charge in [0.05, 0.1) is 0 Å². The summed E-state index contributed by atoms with van der Waals surface area (Å²) in [5.41, 5.74) is 0. The Labute approximate surface area is 81.4 Å². The lowest BCUT2D eigenvalue weighted by Crippen LogP contribution is -2.43. The number of likely N-dealkylation sites (N-methyl/N-ethyl adjacent to an activating group) is 2. The van der Waals surface area contributed by atoms with Crippen molar-refractivity contribution >= 4 is 6.03 Å². The molecule has 1 N–H and O–H groups in total. The van der Waals surface area contributed by atoms with Gasteiger partial charge in [-0.05, 0) is 13.5 Å². The minimum absolute atomic E-state index is 0. The molecule has 13 heavy (non-hydrogen) atoms. The van der Waals surface area contributed by atoms with E-state index in [1.165, 1.54) is 0 Å². The van der Waals surface area contributed by atoms with Crippen LogP contribution in [0.1, 0.15) is 14.8 Å². The Bertz CT molecular complexity index is 189. The average Bonchev–Trinajstić information content (AvgIpc) is 2.45. The molecule has 0 saturated carbocycles. The first-order valence-electron chi connectivity index (χ1n) is 4.87. The SMILES string of the molecule is CC[C@H](CNC)N1CCN(C)C1=O.[HH]. The summed E-state index contributed by atoms with van der Waals surface area (Å²) in [6.45, 7) is 4.73. The second kappa shape index (κ2) is 4.46. The van der Waals surface area contributed by atoms with E-state index in [4.69, 9.17) is 0 Å². The number of carbonyl (C=O) groups is 1. The summed E-state index contributed by atoms with van der Waals surface area (Å²) in [4.78, 5) is 15.3. The van der Waals surface area contributed by atoms with Crippen molar-refractivity contribution < 1.29 is 6.22 Å². The Morgan fingerprint density at radius 2 is 2.31 bits per heavy atom. The first kappa shape index (κ1) is 10.3. The van der Waals surface area contributed by atoms with Gasteiger partial charge in [-0.2, -0.15) is 0 Å². The van der Waals surface area contributed by atoms with Crippen molar-refractivity contribution in [3.63, 3.8) is 0 Å². The van der Waals surface area contributed by atoms with Crippen molar-refractivity contribution in [1.29, 1.82) is 0 Å². The molecule has 2 amide bonds. The molecule has 1 fully saturated rings. The molecule has 1 aliphatic rings. The third kappa shape index (κ3) is 2.12. The van der Waals surface area contributed by atoms with Crippen molar-refractivity contribution in [2.45, 2.75) is 19.4 Å². The van der Waals surface area contributed by atoms with Gasteiger partial charge in [0.2, 0.25) is 0 Å². The molecule has 0 aromatic carbocycles. The maximum Gasteiger partial charge on any atom is 0.320 e. The first-order valence-corrected chi connectivity index (χ1v) is 4.87. The average molecular weight is 187 g/mol. The summed E-state index contributed by atoms with van der Waals surface area (Å²) in [6.07, 6.45) is 1.01. The summed E-state index contributed by atoms with van der Waals surface area (Å²) in [6, 6.07) is 0.518. The molecule has 1 aliphatic heterocycles. The fraction of sp³-hybridized carbons (Fsp3) is 0.889. The van der Waals surface area contributed by atoms with Gasteiger partial charge in [-0.3, -0.25) is 0 Å². The molecule has 0 aromatic heterocycles. The predicted octanol–water partition coefficient (Wildman–Crippen LogP) is 0.598. The van der Waals surface area contributed by atoms with Crippen LogP contribution in [0.15, 0.2) is 0 Å². The van der Waals surface area contributed by atoms with Gasteiger partial charge in [0.25, 0.3) is 0 Å². The van der Waals surface area contributed by atoms with E-state index in [1.54, 1.807) is 4.90 Å². The van der Waals surface area contributed by atoms with Gasteiger partial charge >= 0.3 is 6.03 Å². The van der Waals surface area contributed by atoms with Gasteiger partial charge in [-0.1, -0.05) is 6.92 Å². The Kier molecular flexibility index (Phi) is 3.54. The number of hydrogen-bond donors (Lipinski definition) is 1. The van der Waals surface area contributed by atoms with Crippen LogP contribution in [0, 0.1) is 0 Å². The molecule has 0 aromatic rings. The molecule has 0 spiro atoms. The molecule has 0 unspecified atom stereocenters. The van der Waals surface area contributed by atoms with Crippen LogP contribution < -0.4 is 5.32 Å². The molecular weight excluding hydrogens is 166 g/mol. The lowest BCUT2D eigenvalue weighted by atomic mass is 10.2. The molecule has 4 nitrogen and oxygen atoms in total. The maximum absolute atomic E-state index is 11.6. The van der Waals surface area contributed by atoms with Crippen LogP contribution in [-0.2, 0) is 0 Å². The molecular formula is C9H21N3O. The minimum Gasteiger partial charge on any atom is -0.326 e. The highest BCUT2D eigenvalue weighted by Gasteiger charge is 2.29. The summed E-state index contributed by atoms with van der Waals surface area (Å²) in [5, 5.41) is 3.12. The topological polar surface area (TPSA) is 35.6 Å².